The first kappa shape index (κ1) is 42.5. The van der Waals surface area contributed by atoms with Crippen molar-refractivity contribution < 1.29 is 0 Å². The Morgan fingerprint density at radius 2 is 0.792 bits per heavy atom. The molecule has 12 rings (SSSR count). The van der Waals surface area contributed by atoms with E-state index in [4.69, 9.17) is 18.1 Å². The van der Waals surface area contributed by atoms with Gasteiger partial charge in [0.2, 0.25) is 0 Å². The van der Waals surface area contributed by atoms with E-state index >= 15 is 0 Å². The van der Waals surface area contributed by atoms with Crippen LogP contribution in [0.2, 0.25) is 0 Å². The molecule has 0 spiro atoms. The van der Waals surface area contributed by atoms with Crippen LogP contribution in [0.15, 0.2) is 207 Å². The van der Waals surface area contributed by atoms with Gasteiger partial charge in [0.25, 0.3) is 0 Å². The molecule has 72 heavy (non-hydrogen) atoms. The minimum absolute atomic E-state index is 0.477. The Hall–Kier alpha value is -10.8. The lowest BCUT2D eigenvalue weighted by atomic mass is 9.97. The fourth-order valence-corrected chi connectivity index (χ4v) is 10.3. The van der Waals surface area contributed by atoms with E-state index in [1.165, 1.54) is 0 Å². The van der Waals surface area contributed by atoms with Gasteiger partial charge in [-0.2, -0.15) is 15.8 Å². The maximum absolute atomic E-state index is 10.5. The zero-order chi connectivity index (χ0) is 48.9. The van der Waals surface area contributed by atoms with E-state index in [0.29, 0.717) is 28.1 Å². The van der Waals surface area contributed by atoms with E-state index < -0.39 is 0 Å². The smallest absolute Gasteiger partial charge is 0.194 e. The van der Waals surface area contributed by atoms with Crippen LogP contribution in [0.5, 0.6) is 0 Å². The highest BCUT2D eigenvalue weighted by molar-refractivity contribution is 6.14. The first-order valence-corrected chi connectivity index (χ1v) is 23.1. The number of hydrogen-bond acceptors (Lipinski definition) is 4. The Labute approximate surface area is 414 Å². The van der Waals surface area contributed by atoms with Crippen molar-refractivity contribution in [1.82, 2.24) is 14.1 Å². The molecule has 330 valence electrons. The summed E-state index contributed by atoms with van der Waals surface area (Å²) in [7, 11) is 0. The number of aromatic nitrogens is 3. The van der Waals surface area contributed by atoms with Crippen molar-refractivity contribution >= 4 is 55.0 Å². The first-order valence-electron chi connectivity index (χ1n) is 23.1. The molecule has 0 aliphatic rings. The molecule has 12 aromatic rings. The summed E-state index contributed by atoms with van der Waals surface area (Å²) in [6, 6.07) is 70.5. The second kappa shape index (κ2) is 17.4. The van der Waals surface area contributed by atoms with Crippen LogP contribution in [0.3, 0.4) is 0 Å². The molecule has 3 aromatic heterocycles. The molecule has 0 saturated heterocycles. The van der Waals surface area contributed by atoms with Gasteiger partial charge in [0, 0.05) is 45.1 Å². The lowest BCUT2D eigenvalue weighted by Crippen LogP contribution is -2.02. The molecule has 0 radical (unpaired) electrons. The minimum atomic E-state index is 0.477. The number of hydrogen-bond donors (Lipinski definition) is 0. The van der Waals surface area contributed by atoms with Crippen molar-refractivity contribution in [1.29, 1.82) is 15.8 Å². The maximum Gasteiger partial charge on any atom is 0.194 e. The molecular weight excluding hydrogens is 881 g/mol. The van der Waals surface area contributed by atoms with Gasteiger partial charge >= 0.3 is 0 Å². The fraction of sp³-hybridized carbons (Fsp3) is 0. The van der Waals surface area contributed by atoms with E-state index in [2.05, 4.69) is 97.7 Å². The third-order valence-electron chi connectivity index (χ3n) is 13.6. The normalized spacial score (nSPS) is 11.0. The van der Waals surface area contributed by atoms with Crippen LogP contribution < -0.4 is 0 Å². The summed E-state index contributed by atoms with van der Waals surface area (Å²) in [4.78, 5) is 12.5. The van der Waals surface area contributed by atoms with Gasteiger partial charge in [-0.1, -0.05) is 115 Å². The van der Waals surface area contributed by atoms with Crippen molar-refractivity contribution in [3.05, 3.63) is 246 Å². The number of fused-ring (bicyclic) bond motifs is 6. The fourth-order valence-electron chi connectivity index (χ4n) is 10.3. The van der Waals surface area contributed by atoms with Crippen LogP contribution in [0.25, 0.3) is 120 Å². The van der Waals surface area contributed by atoms with Gasteiger partial charge in [0.05, 0.1) is 81.5 Å². The van der Waals surface area contributed by atoms with Crippen molar-refractivity contribution in [3.8, 4) is 85.2 Å². The number of nitrogens with zero attached hydrogens (tertiary/aromatic N) is 8. The molecule has 0 unspecified atom stereocenters. The molecule has 8 heteroatoms. The number of benzene rings is 9. The standard InChI is InChI=1S/C64H34N8/c1-68-57-17-9-7-15-49(57)43-22-27-60-54(34-43)52-32-41(47-13-5-3-11-45(47)37-66)20-25-59(52)71(60)63-29-30-70-39-56(63)51-24-19-40(36-65)31-64(51)72-61-26-21-42(48-14-6-4-12-46(48)38-67)33-53(61)55-35-44(23-28-62(55)72)50-16-8-10-18-58(50)69-2/h3-35,39H. The van der Waals surface area contributed by atoms with Gasteiger partial charge in [-0.15, -0.1) is 0 Å². The molecule has 0 aliphatic carbocycles. The predicted octanol–water partition coefficient (Wildman–Crippen LogP) is 16.3. The quantitative estimate of drug-likeness (QED) is 0.149. The lowest BCUT2D eigenvalue weighted by Gasteiger charge is -2.18. The van der Waals surface area contributed by atoms with Crippen LogP contribution in [0.4, 0.5) is 11.4 Å². The molecule has 0 amide bonds. The summed E-state index contributed by atoms with van der Waals surface area (Å²) in [6.07, 6.45) is 3.67. The average Bonchev–Trinajstić information content (AvgIpc) is 3.95. The van der Waals surface area contributed by atoms with E-state index in [1.807, 2.05) is 140 Å². The summed E-state index contributed by atoms with van der Waals surface area (Å²) in [5.41, 5.74) is 16.5. The molecule has 9 aromatic carbocycles. The highest BCUT2D eigenvalue weighted by atomic mass is 15.0. The van der Waals surface area contributed by atoms with Crippen LogP contribution in [0, 0.1) is 47.1 Å². The number of nitriles is 3. The molecule has 0 aliphatic heterocycles. The van der Waals surface area contributed by atoms with Crippen LogP contribution in [-0.4, -0.2) is 14.1 Å². The second-order valence-corrected chi connectivity index (χ2v) is 17.4. The Kier molecular flexibility index (Phi) is 10.3. The first-order chi connectivity index (χ1) is 35.5. The molecular formula is C64H34N8. The molecule has 0 atom stereocenters. The van der Waals surface area contributed by atoms with Crippen LogP contribution in [0.1, 0.15) is 16.7 Å². The molecule has 0 bridgehead atoms. The molecule has 0 saturated carbocycles. The van der Waals surface area contributed by atoms with E-state index in [-0.39, 0.29) is 0 Å². The third kappa shape index (κ3) is 6.84. The van der Waals surface area contributed by atoms with Crippen molar-refractivity contribution in [2.75, 3.05) is 0 Å². The largest absolute Gasteiger partial charge is 0.309 e. The van der Waals surface area contributed by atoms with E-state index in [1.54, 1.807) is 6.20 Å². The minimum Gasteiger partial charge on any atom is -0.309 e. The Morgan fingerprint density at radius 1 is 0.375 bits per heavy atom. The van der Waals surface area contributed by atoms with Gasteiger partial charge in [0.1, 0.15) is 0 Å². The monoisotopic (exact) mass is 914 g/mol. The molecule has 0 fully saturated rings. The second-order valence-electron chi connectivity index (χ2n) is 17.4. The summed E-state index contributed by atoms with van der Waals surface area (Å²) in [5.74, 6) is 0. The van der Waals surface area contributed by atoms with E-state index in [9.17, 15) is 15.8 Å². The van der Waals surface area contributed by atoms with Crippen molar-refractivity contribution in [2.45, 2.75) is 0 Å². The average molecular weight is 915 g/mol. The Balaban J connectivity index is 1.13. The van der Waals surface area contributed by atoms with Gasteiger partial charge in [-0.05, 0) is 123 Å². The van der Waals surface area contributed by atoms with Gasteiger partial charge < -0.3 is 9.13 Å². The van der Waals surface area contributed by atoms with Gasteiger partial charge in [0.15, 0.2) is 11.4 Å². The van der Waals surface area contributed by atoms with Gasteiger partial charge in [-0.3, -0.25) is 4.98 Å². The summed E-state index contributed by atoms with van der Waals surface area (Å²) >= 11 is 0. The molecule has 0 N–H and O–H groups in total. The zero-order valence-corrected chi connectivity index (χ0v) is 38.2. The summed E-state index contributed by atoms with van der Waals surface area (Å²) in [6.45, 7) is 15.9. The van der Waals surface area contributed by atoms with Crippen LogP contribution in [-0.2, 0) is 0 Å². The zero-order valence-electron chi connectivity index (χ0n) is 38.2. The Bertz CT molecular complexity index is 4250. The Morgan fingerprint density at radius 3 is 1.24 bits per heavy atom. The van der Waals surface area contributed by atoms with Crippen molar-refractivity contribution in [3.63, 3.8) is 0 Å². The van der Waals surface area contributed by atoms with Crippen molar-refractivity contribution in [2.24, 2.45) is 0 Å². The topological polar surface area (TPSA) is 103 Å². The predicted molar refractivity (Wildman–Crippen MR) is 287 cm³/mol. The molecule has 3 heterocycles. The number of para-hydroxylation sites is 2. The molecule has 8 nitrogen and oxygen atoms in total. The number of pyridine rings is 1. The lowest BCUT2D eigenvalue weighted by molar-refractivity contribution is 1.14. The van der Waals surface area contributed by atoms with E-state index in [0.717, 1.165) is 111 Å². The highest BCUT2D eigenvalue weighted by Gasteiger charge is 2.23. The summed E-state index contributed by atoms with van der Waals surface area (Å²) < 4.78 is 4.45. The summed E-state index contributed by atoms with van der Waals surface area (Å²) in [5, 5.41) is 34.6. The number of rotatable bonds is 7. The maximum atomic E-state index is 10.5. The highest BCUT2D eigenvalue weighted by Crippen LogP contribution is 2.45. The van der Waals surface area contributed by atoms with Crippen LogP contribution >= 0.6 is 0 Å². The third-order valence-corrected chi connectivity index (χ3v) is 13.6. The van der Waals surface area contributed by atoms with Gasteiger partial charge in [-0.25, -0.2) is 9.69 Å². The SMILES string of the molecule is [C-]#[N+]c1ccccc1-c1ccc2c(c1)c1cc(-c3ccccc3C#N)ccc1n2-c1ccncc1-c1ccc(C#N)cc1-n1c2ccc(-c3ccccc3C#N)cc2c2cc(-c3ccccc3[N+]#[C-])ccc21.